The Hall–Kier alpha value is 1.06. The van der Waals surface area contributed by atoms with Crippen molar-refractivity contribution in [2.24, 2.45) is 0 Å². The Balaban J connectivity index is 0. The molecule has 0 amide bonds. The van der Waals surface area contributed by atoms with Crippen LogP contribution >= 0.6 is 0 Å². The van der Waals surface area contributed by atoms with Gasteiger partial charge < -0.3 is 0 Å². The maximum atomic E-state index is 2.32. The Labute approximate surface area is 145 Å². The quantitative estimate of drug-likeness (QED) is 0.255. The second kappa shape index (κ2) is 20.1. The normalized spacial score (nSPS) is 10.3. The predicted octanol–water partition coefficient (Wildman–Crippen LogP) is 6.04. The van der Waals surface area contributed by atoms with Crippen LogP contribution in [0.3, 0.4) is 0 Å². The molecule has 0 spiro atoms. The van der Waals surface area contributed by atoms with Gasteiger partial charge in [0.05, 0.1) is 0 Å². The van der Waals surface area contributed by atoms with Crippen LogP contribution in [0.2, 0.25) is 15.8 Å². The number of rotatable bonds is 15. The van der Waals surface area contributed by atoms with Gasteiger partial charge in [0, 0.05) is 0 Å². The average Bonchev–Trinajstić information content (AvgIpc) is 2.43. The molecule has 0 atom stereocenters. The van der Waals surface area contributed by atoms with Gasteiger partial charge in [-0.2, -0.15) is 0 Å². The first-order valence-corrected chi connectivity index (χ1v) is 11.8. The van der Waals surface area contributed by atoms with Crippen LogP contribution in [-0.4, -0.2) is 31.5 Å². The predicted molar refractivity (Wildman–Crippen MR) is 103 cm³/mol. The van der Waals surface area contributed by atoms with E-state index < -0.39 is 0 Å². The first kappa shape index (κ1) is 23.3. The fourth-order valence-corrected chi connectivity index (χ4v) is 6.48. The molecule has 0 saturated heterocycles. The molecule has 120 valence electrons. The van der Waals surface area contributed by atoms with Crippen LogP contribution in [0.15, 0.2) is 0 Å². The maximum Gasteiger partial charge on any atom is 0.261 e. The van der Waals surface area contributed by atoms with Crippen molar-refractivity contribution in [3.8, 4) is 0 Å². The highest BCUT2D eigenvalue weighted by molar-refractivity contribution is 6.58. The van der Waals surface area contributed by atoms with Crippen LogP contribution in [0.5, 0.6) is 0 Å². The fourth-order valence-electron chi connectivity index (χ4n) is 3.01. The van der Waals surface area contributed by atoms with E-state index >= 15 is 0 Å². The van der Waals surface area contributed by atoms with Gasteiger partial charge >= 0.3 is 0 Å². The van der Waals surface area contributed by atoms with Crippen LogP contribution < -0.4 is 0 Å². The molecule has 0 heterocycles. The molecule has 0 N–H and O–H groups in total. The first-order valence-electron chi connectivity index (χ1n) is 9.35. The van der Waals surface area contributed by atoms with Crippen molar-refractivity contribution in [1.29, 1.82) is 0 Å². The molecule has 0 unspecified atom stereocenters. The Morgan fingerprint density at radius 2 is 0.750 bits per heavy atom. The van der Waals surface area contributed by atoms with E-state index in [1.807, 2.05) is 0 Å². The van der Waals surface area contributed by atoms with Crippen molar-refractivity contribution in [2.45, 2.75) is 114 Å². The van der Waals surface area contributed by atoms with E-state index in [-0.39, 0.29) is 31.5 Å². The van der Waals surface area contributed by atoms with Crippen molar-refractivity contribution < 1.29 is 0 Å². The molecule has 0 saturated carbocycles. The van der Waals surface area contributed by atoms with Gasteiger partial charge in [0.2, 0.25) is 0 Å². The summed E-state index contributed by atoms with van der Waals surface area (Å²) < 4.78 is 0. The van der Waals surface area contributed by atoms with Crippen molar-refractivity contribution in [3.05, 3.63) is 0 Å². The lowest BCUT2D eigenvalue weighted by molar-refractivity contribution is 0.672. The summed E-state index contributed by atoms with van der Waals surface area (Å²) in [7, 11) is 0. The molecule has 0 aliphatic rings. The maximum absolute atomic E-state index is 2.32. The molecule has 0 aromatic heterocycles. The Kier molecular flexibility index (Phi) is 23.4. The van der Waals surface area contributed by atoms with Gasteiger partial charge in [-0.1, -0.05) is 114 Å². The summed E-state index contributed by atoms with van der Waals surface area (Å²) in [6.45, 7) is 6.97. The standard InChI is InChI=1S/3C6H13.2Al.3H/c3*1-3-5-6-4-2;;;;;/h3*1,3-6H2,2H3;;;;;. The van der Waals surface area contributed by atoms with Gasteiger partial charge in [-0.05, 0) is 0 Å². The molecule has 0 aliphatic heterocycles. The summed E-state index contributed by atoms with van der Waals surface area (Å²) in [6, 6.07) is 0. The molecular formula is C18H42Al2. The Bertz CT molecular complexity index is 131. The van der Waals surface area contributed by atoms with Crippen molar-refractivity contribution >= 4 is 31.5 Å². The van der Waals surface area contributed by atoms with Gasteiger partial charge in [0.1, 0.15) is 0 Å². The minimum Gasteiger partial charge on any atom is -0.0939 e. The lowest BCUT2D eigenvalue weighted by Crippen LogP contribution is -2.11. The van der Waals surface area contributed by atoms with Crippen LogP contribution in [0.25, 0.3) is 0 Å². The molecule has 0 nitrogen and oxygen atoms in total. The Morgan fingerprint density at radius 1 is 0.450 bits per heavy atom. The number of unbranched alkanes of at least 4 members (excludes halogenated alkanes) is 9. The summed E-state index contributed by atoms with van der Waals surface area (Å²) in [6.07, 6.45) is 17.7. The van der Waals surface area contributed by atoms with Gasteiger partial charge in [-0.15, -0.1) is 0 Å². The monoisotopic (exact) mass is 312 g/mol. The number of hydrogen-bond donors (Lipinski definition) is 0. The molecule has 0 aromatic rings. The van der Waals surface area contributed by atoms with Gasteiger partial charge in [0.15, 0.2) is 17.4 Å². The van der Waals surface area contributed by atoms with E-state index in [0.717, 1.165) is 0 Å². The second-order valence-corrected chi connectivity index (χ2v) is 9.88. The zero-order chi connectivity index (χ0) is 14.2. The van der Waals surface area contributed by atoms with Gasteiger partial charge in [-0.25, -0.2) is 0 Å². The van der Waals surface area contributed by atoms with Crippen molar-refractivity contribution in [1.82, 2.24) is 0 Å². The van der Waals surface area contributed by atoms with E-state index in [9.17, 15) is 0 Å². The fraction of sp³-hybridized carbons (Fsp3) is 1.00. The summed E-state index contributed by atoms with van der Waals surface area (Å²) >= 11 is -0.362. The molecular weight excluding hydrogens is 270 g/mol. The van der Waals surface area contributed by atoms with Crippen LogP contribution in [0.4, 0.5) is 0 Å². The van der Waals surface area contributed by atoms with Gasteiger partial charge in [-0.3, -0.25) is 0 Å². The molecule has 2 heteroatoms. The highest BCUT2D eigenvalue weighted by Crippen LogP contribution is 2.19. The van der Waals surface area contributed by atoms with Gasteiger partial charge in [0.25, 0.3) is 14.1 Å². The molecule has 0 bridgehead atoms. The second-order valence-electron chi connectivity index (χ2n) is 6.41. The molecule has 0 fully saturated rings. The summed E-state index contributed by atoms with van der Waals surface area (Å²) in [5, 5.41) is 4.95. The molecule has 0 aromatic carbocycles. The molecule has 0 radical (unpaired) electrons. The minimum absolute atomic E-state index is 0. The molecule has 0 rings (SSSR count). The number of hydrogen-bond acceptors (Lipinski definition) is 0. The third kappa shape index (κ3) is 17.1. The Morgan fingerprint density at radius 3 is 1.00 bits per heavy atom. The van der Waals surface area contributed by atoms with Crippen LogP contribution in [0, 0.1) is 0 Å². The largest absolute Gasteiger partial charge is 0.261 e. The summed E-state index contributed by atoms with van der Waals surface area (Å²) in [5.74, 6) is 0. The average molecular weight is 312 g/mol. The van der Waals surface area contributed by atoms with E-state index in [2.05, 4.69) is 20.8 Å². The highest BCUT2D eigenvalue weighted by atomic mass is 27.2. The third-order valence-corrected chi connectivity index (χ3v) is 8.07. The lowest BCUT2D eigenvalue weighted by atomic mass is 10.2. The van der Waals surface area contributed by atoms with E-state index in [1.165, 1.54) is 57.8 Å². The summed E-state index contributed by atoms with van der Waals surface area (Å²) in [4.78, 5) is 0. The zero-order valence-corrected chi connectivity index (χ0v) is 15.3. The molecule has 20 heavy (non-hydrogen) atoms. The van der Waals surface area contributed by atoms with Crippen molar-refractivity contribution in [2.75, 3.05) is 0 Å². The smallest absolute Gasteiger partial charge is 0.0939 e. The molecule has 0 aliphatic carbocycles. The van der Waals surface area contributed by atoms with Crippen molar-refractivity contribution in [3.63, 3.8) is 0 Å². The SMILES string of the molecule is CCCCC[CH2][Al]([CH2]CCCCC)[CH2]CCCCC.[AlH3]. The first-order chi connectivity index (χ1) is 9.35. The minimum atomic E-state index is -0.362. The van der Waals surface area contributed by atoms with E-state index in [1.54, 1.807) is 35.1 Å². The third-order valence-electron chi connectivity index (χ3n) is 4.40. The van der Waals surface area contributed by atoms with Crippen LogP contribution in [0.1, 0.15) is 97.8 Å². The lowest BCUT2D eigenvalue weighted by Gasteiger charge is -2.11. The van der Waals surface area contributed by atoms with E-state index in [4.69, 9.17) is 0 Å². The zero-order valence-electron chi connectivity index (χ0n) is 14.2. The van der Waals surface area contributed by atoms with Crippen LogP contribution in [-0.2, 0) is 0 Å². The highest BCUT2D eigenvalue weighted by Gasteiger charge is 2.15. The van der Waals surface area contributed by atoms with E-state index in [0.29, 0.717) is 0 Å². The summed E-state index contributed by atoms with van der Waals surface area (Å²) in [5.41, 5.74) is 0. The topological polar surface area (TPSA) is 0 Å².